The van der Waals surface area contributed by atoms with Crippen LogP contribution in [0, 0.1) is 17.8 Å². The Labute approximate surface area is 118 Å². The second kappa shape index (κ2) is 6.39. The van der Waals surface area contributed by atoms with Crippen LogP contribution in [0.15, 0.2) is 0 Å². The monoisotopic (exact) mass is 266 g/mol. The van der Waals surface area contributed by atoms with Gasteiger partial charge in [0.1, 0.15) is 5.60 Å². The molecule has 2 aliphatic carbocycles. The first-order valence-corrected chi connectivity index (χ1v) is 8.20. The third-order valence-corrected chi connectivity index (χ3v) is 5.59. The average Bonchev–Trinajstić information content (AvgIpc) is 2.46. The van der Waals surface area contributed by atoms with Gasteiger partial charge >= 0.3 is 0 Å². The van der Waals surface area contributed by atoms with E-state index in [1.54, 1.807) is 7.11 Å². The second-order valence-electron chi connectivity index (χ2n) is 6.89. The van der Waals surface area contributed by atoms with Gasteiger partial charge in [0.25, 0.3) is 0 Å². The molecular formula is C17H30O2. The average molecular weight is 266 g/mol. The molecule has 2 fully saturated rings. The molecule has 0 aliphatic heterocycles. The van der Waals surface area contributed by atoms with Crippen LogP contribution in [0.1, 0.15) is 71.6 Å². The maximum Gasteiger partial charge on any atom is 0.167 e. The van der Waals surface area contributed by atoms with Crippen molar-refractivity contribution in [3.8, 4) is 0 Å². The van der Waals surface area contributed by atoms with Crippen molar-refractivity contribution in [2.75, 3.05) is 7.11 Å². The van der Waals surface area contributed by atoms with Gasteiger partial charge in [-0.2, -0.15) is 0 Å². The van der Waals surface area contributed by atoms with E-state index in [4.69, 9.17) is 4.74 Å². The molecule has 2 saturated carbocycles. The van der Waals surface area contributed by atoms with Gasteiger partial charge in [0.2, 0.25) is 0 Å². The maximum atomic E-state index is 12.9. The van der Waals surface area contributed by atoms with E-state index in [1.807, 2.05) is 0 Å². The highest BCUT2D eigenvalue weighted by molar-refractivity contribution is 5.89. The highest BCUT2D eigenvalue weighted by Crippen LogP contribution is 2.41. The molecule has 0 radical (unpaired) electrons. The Hall–Kier alpha value is -0.370. The summed E-state index contributed by atoms with van der Waals surface area (Å²) in [4.78, 5) is 12.9. The molecule has 0 amide bonds. The number of hydrogen-bond acceptors (Lipinski definition) is 2. The van der Waals surface area contributed by atoms with E-state index >= 15 is 0 Å². The number of hydrogen-bond donors (Lipinski definition) is 0. The predicted molar refractivity (Wildman–Crippen MR) is 78.1 cm³/mol. The lowest BCUT2D eigenvalue weighted by Crippen LogP contribution is -2.48. The topological polar surface area (TPSA) is 26.3 Å². The lowest BCUT2D eigenvalue weighted by molar-refractivity contribution is -0.152. The van der Waals surface area contributed by atoms with Gasteiger partial charge in [-0.05, 0) is 56.8 Å². The highest BCUT2D eigenvalue weighted by Gasteiger charge is 2.45. The zero-order chi connectivity index (χ0) is 13.9. The molecule has 0 N–H and O–H groups in total. The molecule has 2 unspecified atom stereocenters. The molecule has 110 valence electrons. The Bertz CT molecular complexity index is 304. The Balaban J connectivity index is 2.01. The van der Waals surface area contributed by atoms with Crippen molar-refractivity contribution in [3.63, 3.8) is 0 Å². The summed E-state index contributed by atoms with van der Waals surface area (Å²) in [6, 6.07) is 0. The summed E-state index contributed by atoms with van der Waals surface area (Å²) in [6.45, 7) is 4.53. The Morgan fingerprint density at radius 2 is 1.89 bits per heavy atom. The second-order valence-corrected chi connectivity index (χ2v) is 6.89. The quantitative estimate of drug-likeness (QED) is 0.755. The summed E-state index contributed by atoms with van der Waals surface area (Å²) >= 11 is 0. The number of ether oxygens (including phenoxy) is 1. The summed E-state index contributed by atoms with van der Waals surface area (Å²) < 4.78 is 5.77. The summed E-state index contributed by atoms with van der Waals surface area (Å²) in [5.74, 6) is 2.18. The van der Waals surface area contributed by atoms with E-state index in [1.165, 1.54) is 25.7 Å². The van der Waals surface area contributed by atoms with Crippen LogP contribution < -0.4 is 0 Å². The van der Waals surface area contributed by atoms with Gasteiger partial charge in [0.05, 0.1) is 0 Å². The SMILES string of the molecule is CCC1CCC(C(=O)C2(OC)CCCC(C)C2)CC1. The van der Waals surface area contributed by atoms with Crippen LogP contribution in [-0.4, -0.2) is 18.5 Å². The number of carbonyl (C=O) groups is 1. The normalized spacial score (nSPS) is 40.1. The van der Waals surface area contributed by atoms with Gasteiger partial charge in [-0.15, -0.1) is 0 Å². The van der Waals surface area contributed by atoms with Crippen LogP contribution in [0.25, 0.3) is 0 Å². The molecule has 0 bridgehead atoms. The summed E-state index contributed by atoms with van der Waals surface area (Å²) in [5, 5.41) is 0. The van der Waals surface area contributed by atoms with Crippen LogP contribution in [0.3, 0.4) is 0 Å². The molecule has 2 atom stereocenters. The molecule has 0 spiro atoms. The van der Waals surface area contributed by atoms with E-state index in [-0.39, 0.29) is 5.92 Å². The Morgan fingerprint density at radius 1 is 1.21 bits per heavy atom. The molecule has 2 nitrogen and oxygen atoms in total. The number of ketones is 1. The summed E-state index contributed by atoms with van der Waals surface area (Å²) in [7, 11) is 1.74. The van der Waals surface area contributed by atoms with E-state index in [0.29, 0.717) is 11.7 Å². The smallest absolute Gasteiger partial charge is 0.167 e. The number of carbonyl (C=O) groups excluding carboxylic acids is 1. The first-order chi connectivity index (χ1) is 9.11. The zero-order valence-corrected chi connectivity index (χ0v) is 12.9. The van der Waals surface area contributed by atoms with Gasteiger partial charge in [-0.3, -0.25) is 4.79 Å². The van der Waals surface area contributed by atoms with Crippen molar-refractivity contribution in [3.05, 3.63) is 0 Å². The molecule has 2 rings (SSSR count). The third-order valence-electron chi connectivity index (χ3n) is 5.59. The molecular weight excluding hydrogens is 236 g/mol. The van der Waals surface area contributed by atoms with E-state index in [2.05, 4.69) is 13.8 Å². The van der Waals surface area contributed by atoms with Crippen molar-refractivity contribution in [1.29, 1.82) is 0 Å². The molecule has 0 aromatic carbocycles. The van der Waals surface area contributed by atoms with Crippen LogP contribution in [0.2, 0.25) is 0 Å². The fourth-order valence-corrected chi connectivity index (χ4v) is 4.22. The zero-order valence-electron chi connectivity index (χ0n) is 12.9. The van der Waals surface area contributed by atoms with Gasteiger partial charge < -0.3 is 4.74 Å². The molecule has 0 aromatic heterocycles. The van der Waals surface area contributed by atoms with Crippen LogP contribution >= 0.6 is 0 Å². The van der Waals surface area contributed by atoms with Gasteiger partial charge in [-0.25, -0.2) is 0 Å². The Kier molecular flexibility index (Phi) is 5.05. The fourth-order valence-electron chi connectivity index (χ4n) is 4.22. The van der Waals surface area contributed by atoms with Crippen LogP contribution in [0.5, 0.6) is 0 Å². The highest BCUT2D eigenvalue weighted by atomic mass is 16.5. The van der Waals surface area contributed by atoms with Crippen molar-refractivity contribution < 1.29 is 9.53 Å². The molecule has 19 heavy (non-hydrogen) atoms. The van der Waals surface area contributed by atoms with Crippen LogP contribution in [0.4, 0.5) is 0 Å². The summed E-state index contributed by atoms with van der Waals surface area (Å²) in [5.41, 5.74) is -0.443. The minimum atomic E-state index is -0.443. The lowest BCUT2D eigenvalue weighted by Gasteiger charge is -2.41. The van der Waals surface area contributed by atoms with Gasteiger partial charge in [0.15, 0.2) is 5.78 Å². The first-order valence-electron chi connectivity index (χ1n) is 8.20. The molecule has 0 aromatic rings. The van der Waals surface area contributed by atoms with E-state index in [0.717, 1.165) is 38.0 Å². The Morgan fingerprint density at radius 3 is 2.42 bits per heavy atom. The number of Topliss-reactive ketones (excluding diaryl/α,β-unsaturated/α-hetero) is 1. The molecule has 2 heteroatoms. The molecule has 0 heterocycles. The fraction of sp³-hybridized carbons (Fsp3) is 0.941. The van der Waals surface area contributed by atoms with Crippen LogP contribution in [-0.2, 0) is 9.53 Å². The predicted octanol–water partition coefficient (Wildman–Crippen LogP) is 4.37. The lowest BCUT2D eigenvalue weighted by atomic mass is 9.69. The van der Waals surface area contributed by atoms with E-state index < -0.39 is 5.60 Å². The van der Waals surface area contributed by atoms with Crippen molar-refractivity contribution >= 4 is 5.78 Å². The summed E-state index contributed by atoms with van der Waals surface area (Å²) in [6.07, 6.45) is 10.2. The van der Waals surface area contributed by atoms with E-state index in [9.17, 15) is 4.79 Å². The number of methoxy groups -OCH3 is 1. The maximum absolute atomic E-state index is 12.9. The van der Waals surface area contributed by atoms with Crippen molar-refractivity contribution in [2.24, 2.45) is 17.8 Å². The number of rotatable bonds is 4. The molecule has 0 saturated heterocycles. The standard InChI is InChI=1S/C17H30O2/c1-4-14-7-9-15(10-8-14)16(18)17(19-3)11-5-6-13(2)12-17/h13-15H,4-12H2,1-3H3. The minimum absolute atomic E-state index is 0.271. The van der Waals surface area contributed by atoms with Gasteiger partial charge in [-0.1, -0.05) is 26.7 Å². The minimum Gasteiger partial charge on any atom is -0.370 e. The van der Waals surface area contributed by atoms with Crippen molar-refractivity contribution in [2.45, 2.75) is 77.2 Å². The first kappa shape index (κ1) is 15.0. The third kappa shape index (κ3) is 3.21. The molecule has 2 aliphatic rings. The van der Waals surface area contributed by atoms with Gasteiger partial charge in [0, 0.05) is 13.0 Å². The largest absolute Gasteiger partial charge is 0.370 e. The van der Waals surface area contributed by atoms with Crippen molar-refractivity contribution in [1.82, 2.24) is 0 Å².